The Hall–Kier alpha value is -7.36. The molecular weight excluding hydrogens is 768 g/mol. The summed E-state index contributed by atoms with van der Waals surface area (Å²) in [7, 11) is 7.06. The summed E-state index contributed by atoms with van der Waals surface area (Å²) in [5.41, 5.74) is 4.96. The molecule has 0 N–H and O–H groups in total. The number of aryl methyl sites for hydroxylation is 1. The van der Waals surface area contributed by atoms with E-state index in [2.05, 4.69) is 14.2 Å². The predicted octanol–water partition coefficient (Wildman–Crippen LogP) is 6.14. The summed E-state index contributed by atoms with van der Waals surface area (Å²) in [6.45, 7) is 8.77. The van der Waals surface area contributed by atoms with Crippen molar-refractivity contribution in [3.8, 4) is 28.4 Å². The molecule has 0 saturated heterocycles. The lowest BCUT2D eigenvalue weighted by Crippen LogP contribution is -2.25. The summed E-state index contributed by atoms with van der Waals surface area (Å²) < 4.78 is 28.1. The van der Waals surface area contributed by atoms with Gasteiger partial charge in [0.2, 0.25) is 11.8 Å². The van der Waals surface area contributed by atoms with Crippen LogP contribution < -0.4 is 24.0 Å². The van der Waals surface area contributed by atoms with Crippen LogP contribution in [0.1, 0.15) is 71.3 Å². The number of nitrogens with zero attached hydrogens (tertiary/aromatic N) is 2. The van der Waals surface area contributed by atoms with Gasteiger partial charge in [-0.25, -0.2) is 14.4 Å². The highest BCUT2D eigenvalue weighted by molar-refractivity contribution is 6.00. The lowest BCUT2D eigenvalue weighted by molar-refractivity contribution is -0.132. The molecule has 4 aromatic carbocycles. The monoisotopic (exact) mass is 814 g/mol. The molecule has 0 heterocycles. The van der Waals surface area contributed by atoms with E-state index in [0.717, 1.165) is 28.1 Å². The molecule has 59 heavy (non-hydrogen) atoms. The Morgan fingerprint density at radius 1 is 0.458 bits per heavy atom. The summed E-state index contributed by atoms with van der Waals surface area (Å²) in [4.78, 5) is 93.4. The van der Waals surface area contributed by atoms with E-state index in [-0.39, 0.29) is 45.8 Å². The van der Waals surface area contributed by atoms with E-state index in [9.17, 15) is 38.4 Å². The molecule has 0 aliphatic carbocycles. The van der Waals surface area contributed by atoms with Gasteiger partial charge >= 0.3 is 35.8 Å². The maximum Gasteiger partial charge on any atom is 0.337 e. The van der Waals surface area contributed by atoms with Crippen LogP contribution in [0.25, 0.3) is 11.1 Å². The van der Waals surface area contributed by atoms with Crippen LogP contribution in [-0.4, -0.2) is 83.1 Å². The number of anilines is 2. The van der Waals surface area contributed by atoms with Crippen LogP contribution in [0.2, 0.25) is 0 Å². The van der Waals surface area contributed by atoms with E-state index >= 15 is 0 Å². The van der Waals surface area contributed by atoms with Crippen LogP contribution in [0.15, 0.2) is 78.9 Å². The lowest BCUT2D eigenvalue weighted by atomic mass is 9.99. The first-order valence-electron chi connectivity index (χ1n) is 17.5. The highest BCUT2D eigenvalue weighted by atomic mass is 16.6. The maximum atomic E-state index is 11.7. The van der Waals surface area contributed by atoms with Gasteiger partial charge in [-0.3, -0.25) is 24.0 Å². The molecule has 16 nitrogen and oxygen atoms in total. The van der Waals surface area contributed by atoms with Gasteiger partial charge in [0, 0.05) is 78.3 Å². The SMILES string of the molecule is CC(=O)N(C)c1cc(-c2ccccc2C)cc(N(C)C(C)=O)c1.CC(=O)Oc1cc(OC(C)=O)cc(OC(C)=O)c1.COC(=O)c1cc(C(=O)OC)cc(C(=O)OC)c1. The van der Waals surface area contributed by atoms with Gasteiger partial charge in [0.15, 0.2) is 0 Å². The standard InChI is InChI=1S/C19H22N2O2.2C12H12O6/c1-13-8-6-7-9-19(13)16-10-17(20(4)14(2)22)12-18(11-16)21(5)15(3)23;1-16-10(13)7-4-8(11(14)17-2)6-9(5-7)12(15)18-3;1-7(13)16-10-4-11(17-8(2)14)6-12(5-10)18-9(3)15/h6-12H,1-5H3;2*4-6H,1-3H3. The minimum absolute atomic E-state index is 0.0524. The topological polar surface area (TPSA) is 198 Å². The number of amides is 2. The first-order valence-corrected chi connectivity index (χ1v) is 17.5. The fraction of sp³-hybridized carbons (Fsp3) is 0.256. The van der Waals surface area contributed by atoms with Gasteiger partial charge in [-0.05, 0) is 60.0 Å². The Kier molecular flexibility index (Phi) is 18.1. The zero-order valence-electron chi connectivity index (χ0n) is 34.6. The van der Waals surface area contributed by atoms with Crippen LogP contribution in [0.4, 0.5) is 11.4 Å². The number of ether oxygens (including phenoxy) is 6. The number of rotatable bonds is 9. The molecule has 312 valence electrons. The van der Waals surface area contributed by atoms with Crippen molar-refractivity contribution < 1.29 is 66.8 Å². The molecule has 0 radical (unpaired) electrons. The highest BCUT2D eigenvalue weighted by Crippen LogP contribution is 2.32. The fourth-order valence-corrected chi connectivity index (χ4v) is 4.95. The molecular formula is C43H46N2O14. The van der Waals surface area contributed by atoms with Crippen molar-refractivity contribution in [2.24, 2.45) is 0 Å². The number of methoxy groups -OCH3 is 3. The molecule has 0 unspecified atom stereocenters. The van der Waals surface area contributed by atoms with Crippen LogP contribution >= 0.6 is 0 Å². The van der Waals surface area contributed by atoms with Crippen molar-refractivity contribution in [3.05, 3.63) is 101 Å². The lowest BCUT2D eigenvalue weighted by Gasteiger charge is -2.22. The van der Waals surface area contributed by atoms with E-state index < -0.39 is 35.8 Å². The van der Waals surface area contributed by atoms with E-state index in [4.69, 9.17) is 14.2 Å². The fourth-order valence-electron chi connectivity index (χ4n) is 4.95. The number of carbonyl (C=O) groups excluding carboxylic acids is 8. The molecule has 0 fully saturated rings. The smallest absolute Gasteiger partial charge is 0.337 e. The molecule has 4 rings (SSSR count). The van der Waals surface area contributed by atoms with Crippen molar-refractivity contribution in [3.63, 3.8) is 0 Å². The minimum Gasteiger partial charge on any atom is -0.465 e. The van der Waals surface area contributed by atoms with Crippen molar-refractivity contribution in [1.82, 2.24) is 0 Å². The predicted molar refractivity (Wildman–Crippen MR) is 216 cm³/mol. The highest BCUT2D eigenvalue weighted by Gasteiger charge is 2.18. The summed E-state index contributed by atoms with van der Waals surface area (Å²) in [6.07, 6.45) is 0. The van der Waals surface area contributed by atoms with E-state index in [1.165, 1.54) is 92.3 Å². The van der Waals surface area contributed by atoms with Crippen molar-refractivity contribution >= 4 is 59.0 Å². The number of carbonyl (C=O) groups is 8. The Labute approximate surface area is 341 Å². The van der Waals surface area contributed by atoms with E-state index in [1.807, 2.05) is 49.4 Å². The maximum absolute atomic E-state index is 11.7. The number of benzene rings is 4. The molecule has 0 saturated carbocycles. The van der Waals surface area contributed by atoms with Crippen LogP contribution in [0.5, 0.6) is 17.2 Å². The van der Waals surface area contributed by atoms with Crippen LogP contribution in [0.3, 0.4) is 0 Å². The number of esters is 6. The Balaban J connectivity index is 0.000000309. The first-order chi connectivity index (χ1) is 27.7. The average molecular weight is 815 g/mol. The summed E-state index contributed by atoms with van der Waals surface area (Å²) >= 11 is 0. The van der Waals surface area contributed by atoms with E-state index in [1.54, 1.807) is 23.9 Å². The quantitative estimate of drug-likeness (QED) is 0.106. The first kappa shape index (κ1) is 47.8. The Bertz CT molecular complexity index is 2020. The summed E-state index contributed by atoms with van der Waals surface area (Å²) in [5, 5.41) is 0. The molecule has 0 spiro atoms. The van der Waals surface area contributed by atoms with Crippen LogP contribution in [0, 0.1) is 6.92 Å². The largest absolute Gasteiger partial charge is 0.465 e. The third-order valence-electron chi connectivity index (χ3n) is 7.91. The number of hydrogen-bond acceptors (Lipinski definition) is 14. The van der Waals surface area contributed by atoms with Gasteiger partial charge in [-0.1, -0.05) is 24.3 Å². The molecule has 0 aliphatic rings. The molecule has 0 aromatic heterocycles. The third-order valence-corrected chi connectivity index (χ3v) is 7.91. The van der Waals surface area contributed by atoms with Crippen LogP contribution in [-0.2, 0) is 38.2 Å². The van der Waals surface area contributed by atoms with Gasteiger partial charge in [0.1, 0.15) is 17.2 Å². The van der Waals surface area contributed by atoms with Gasteiger partial charge in [0.05, 0.1) is 38.0 Å². The Morgan fingerprint density at radius 3 is 1.05 bits per heavy atom. The molecule has 4 aromatic rings. The van der Waals surface area contributed by atoms with Gasteiger partial charge in [-0.15, -0.1) is 0 Å². The van der Waals surface area contributed by atoms with Crippen molar-refractivity contribution in [2.75, 3.05) is 45.2 Å². The second kappa shape index (κ2) is 22.4. The van der Waals surface area contributed by atoms with Gasteiger partial charge in [0.25, 0.3) is 0 Å². The zero-order valence-corrected chi connectivity index (χ0v) is 34.6. The van der Waals surface area contributed by atoms with Crippen molar-refractivity contribution in [2.45, 2.75) is 41.5 Å². The molecule has 0 atom stereocenters. The van der Waals surface area contributed by atoms with Gasteiger partial charge in [-0.2, -0.15) is 0 Å². The number of hydrogen-bond donors (Lipinski definition) is 0. The average Bonchev–Trinajstić information content (AvgIpc) is 3.18. The van der Waals surface area contributed by atoms with Gasteiger partial charge < -0.3 is 38.2 Å². The molecule has 2 amide bonds. The molecule has 16 heteroatoms. The normalized spacial score (nSPS) is 9.81. The minimum atomic E-state index is -0.661. The second-order valence-electron chi connectivity index (χ2n) is 12.4. The summed E-state index contributed by atoms with van der Waals surface area (Å²) in [5.74, 6) is -3.34. The second-order valence-corrected chi connectivity index (χ2v) is 12.4. The third kappa shape index (κ3) is 14.9. The molecule has 0 aliphatic heterocycles. The Morgan fingerprint density at radius 2 is 0.780 bits per heavy atom. The molecule has 0 bridgehead atoms. The zero-order chi connectivity index (χ0) is 44.6. The van der Waals surface area contributed by atoms with E-state index in [0.29, 0.717) is 0 Å². The summed E-state index contributed by atoms with van der Waals surface area (Å²) in [6, 6.07) is 21.7. The van der Waals surface area contributed by atoms with Crippen molar-refractivity contribution in [1.29, 1.82) is 0 Å².